The Labute approximate surface area is 216 Å². The summed E-state index contributed by atoms with van der Waals surface area (Å²) in [5.74, 6) is 1.13. The Kier molecular flexibility index (Phi) is 8.45. The van der Waals surface area contributed by atoms with E-state index in [1.165, 1.54) is 6.08 Å². The predicted octanol–water partition coefficient (Wildman–Crippen LogP) is 4.34. The molecule has 1 aliphatic carbocycles. The van der Waals surface area contributed by atoms with Crippen LogP contribution in [0.1, 0.15) is 52.0 Å². The van der Waals surface area contributed by atoms with Crippen molar-refractivity contribution in [2.75, 3.05) is 41.0 Å². The number of hydrogen-bond acceptors (Lipinski definition) is 7. The van der Waals surface area contributed by atoms with Gasteiger partial charge in [-0.25, -0.2) is 4.79 Å². The molecule has 0 amide bonds. The fourth-order valence-electron chi connectivity index (χ4n) is 5.65. The van der Waals surface area contributed by atoms with E-state index in [2.05, 4.69) is 25.7 Å². The molecule has 1 unspecified atom stereocenters. The summed E-state index contributed by atoms with van der Waals surface area (Å²) in [6.45, 7) is 8.86. The van der Waals surface area contributed by atoms with Gasteiger partial charge in [-0.05, 0) is 76.4 Å². The van der Waals surface area contributed by atoms with Crippen LogP contribution in [0.4, 0.5) is 0 Å². The molecule has 0 radical (unpaired) electrons. The Bertz CT molecular complexity index is 909. The van der Waals surface area contributed by atoms with Gasteiger partial charge in [-0.15, -0.1) is 0 Å². The predicted molar refractivity (Wildman–Crippen MR) is 139 cm³/mol. The number of methoxy groups -OCH3 is 1. The maximum atomic E-state index is 12.8. The van der Waals surface area contributed by atoms with Crippen LogP contribution in [0.5, 0.6) is 5.75 Å². The maximum Gasteiger partial charge on any atom is 0.331 e. The lowest BCUT2D eigenvalue weighted by molar-refractivity contribution is -0.166. The molecule has 7 heteroatoms. The molecule has 3 fully saturated rings. The Morgan fingerprint density at radius 1 is 1.25 bits per heavy atom. The largest absolute Gasteiger partial charge is 0.492 e. The minimum absolute atomic E-state index is 0.0442. The first-order chi connectivity index (χ1) is 17.2. The van der Waals surface area contributed by atoms with E-state index in [9.17, 15) is 4.79 Å². The standard InChI is InChI=1S/C29H43NO6/c1-20(2)7-13-24-28(3,36-24)27-26(32-6)23(15-16-29(27)19-34-29)35-25(31)14-10-21-8-11-22(12-9-21)33-18-17-30(4)5/h8-12,14,20,23-24,26-27H,7,13,15-19H2,1-6H3/b14-10+/t23?,24-,26-,27-,28+,29+/m1/s1. The molecule has 2 saturated heterocycles. The topological polar surface area (TPSA) is 73.1 Å². The molecular formula is C29H43NO6. The average molecular weight is 502 g/mol. The van der Waals surface area contributed by atoms with Crippen molar-refractivity contribution >= 4 is 12.0 Å². The molecule has 1 aromatic carbocycles. The third kappa shape index (κ3) is 6.31. The molecule has 200 valence electrons. The van der Waals surface area contributed by atoms with Gasteiger partial charge in [-0.3, -0.25) is 0 Å². The Morgan fingerprint density at radius 3 is 2.58 bits per heavy atom. The van der Waals surface area contributed by atoms with E-state index in [4.69, 9.17) is 23.7 Å². The molecule has 1 aromatic rings. The summed E-state index contributed by atoms with van der Waals surface area (Å²) in [7, 11) is 5.73. The highest BCUT2D eigenvalue weighted by molar-refractivity contribution is 5.87. The Morgan fingerprint density at radius 2 is 1.97 bits per heavy atom. The molecular weight excluding hydrogens is 458 g/mol. The lowest BCUT2D eigenvalue weighted by Crippen LogP contribution is -2.55. The third-order valence-corrected chi connectivity index (χ3v) is 7.87. The molecule has 1 spiro atoms. The number of likely N-dealkylation sites (N-methyl/N-ethyl adjacent to an activating group) is 1. The Balaban J connectivity index is 1.34. The first kappa shape index (κ1) is 27.1. The van der Waals surface area contributed by atoms with Crippen molar-refractivity contribution in [3.63, 3.8) is 0 Å². The first-order valence-electron chi connectivity index (χ1n) is 13.3. The molecule has 1 saturated carbocycles. The van der Waals surface area contributed by atoms with Gasteiger partial charge in [-0.2, -0.15) is 0 Å². The number of benzene rings is 1. The van der Waals surface area contributed by atoms with Crippen LogP contribution in [0.15, 0.2) is 30.3 Å². The first-order valence-corrected chi connectivity index (χ1v) is 13.3. The number of hydrogen-bond donors (Lipinski definition) is 0. The monoisotopic (exact) mass is 501 g/mol. The number of esters is 1. The van der Waals surface area contributed by atoms with Gasteiger partial charge in [0.05, 0.1) is 18.6 Å². The van der Waals surface area contributed by atoms with Crippen molar-refractivity contribution in [1.82, 2.24) is 4.90 Å². The molecule has 2 aliphatic heterocycles. The van der Waals surface area contributed by atoms with Crippen molar-refractivity contribution < 1.29 is 28.5 Å². The normalized spacial score (nSPS) is 33.4. The molecule has 0 aromatic heterocycles. The second kappa shape index (κ2) is 11.2. The molecule has 7 nitrogen and oxygen atoms in total. The molecule has 2 heterocycles. The van der Waals surface area contributed by atoms with Gasteiger partial charge in [0.1, 0.15) is 35.8 Å². The van der Waals surface area contributed by atoms with Gasteiger partial charge in [0.25, 0.3) is 0 Å². The van der Waals surface area contributed by atoms with E-state index in [0.29, 0.717) is 12.5 Å². The van der Waals surface area contributed by atoms with Crippen LogP contribution in [0.3, 0.4) is 0 Å². The van der Waals surface area contributed by atoms with Gasteiger partial charge in [0.15, 0.2) is 0 Å². The van der Waals surface area contributed by atoms with Crippen LogP contribution in [0.2, 0.25) is 0 Å². The Hall–Kier alpha value is -1.93. The van der Waals surface area contributed by atoms with Gasteiger partial charge in [-0.1, -0.05) is 26.0 Å². The van der Waals surface area contributed by atoms with Crippen molar-refractivity contribution in [2.24, 2.45) is 11.8 Å². The van der Waals surface area contributed by atoms with Crippen LogP contribution in [-0.4, -0.2) is 81.3 Å². The lowest BCUT2D eigenvalue weighted by atomic mass is 9.68. The van der Waals surface area contributed by atoms with E-state index in [-0.39, 0.29) is 41.4 Å². The number of carbonyl (C=O) groups is 1. The highest BCUT2D eigenvalue weighted by atomic mass is 16.6. The highest BCUT2D eigenvalue weighted by Crippen LogP contribution is 2.59. The van der Waals surface area contributed by atoms with Crippen molar-refractivity contribution in [3.8, 4) is 5.75 Å². The summed E-state index contributed by atoms with van der Waals surface area (Å²) < 4.78 is 29.9. The second-order valence-corrected chi connectivity index (χ2v) is 11.4. The van der Waals surface area contributed by atoms with E-state index in [0.717, 1.165) is 50.1 Å². The van der Waals surface area contributed by atoms with Gasteiger partial charge >= 0.3 is 5.97 Å². The lowest BCUT2D eigenvalue weighted by Gasteiger charge is -2.42. The van der Waals surface area contributed by atoms with E-state index in [1.807, 2.05) is 38.4 Å². The van der Waals surface area contributed by atoms with Crippen molar-refractivity contribution in [3.05, 3.63) is 35.9 Å². The number of ether oxygens (including phenoxy) is 5. The second-order valence-electron chi connectivity index (χ2n) is 11.4. The molecule has 3 aliphatic rings. The SMILES string of the molecule is CO[C@@H]1C(OC(=O)/C=C/c2ccc(OCCN(C)C)cc2)CC[C@]2(CO2)[C@H]1[C@@]1(C)O[C@@H]1CCC(C)C. The summed E-state index contributed by atoms with van der Waals surface area (Å²) >= 11 is 0. The zero-order chi connectivity index (χ0) is 25.9. The summed E-state index contributed by atoms with van der Waals surface area (Å²) in [5, 5.41) is 0. The molecule has 0 bridgehead atoms. The zero-order valence-corrected chi connectivity index (χ0v) is 22.7. The van der Waals surface area contributed by atoms with Crippen LogP contribution in [-0.2, 0) is 23.7 Å². The van der Waals surface area contributed by atoms with Crippen LogP contribution in [0.25, 0.3) is 6.08 Å². The summed E-state index contributed by atoms with van der Waals surface area (Å²) in [5.41, 5.74) is 0.398. The molecule has 36 heavy (non-hydrogen) atoms. The van der Waals surface area contributed by atoms with Gasteiger partial charge in [0.2, 0.25) is 0 Å². The molecule has 0 N–H and O–H groups in total. The van der Waals surface area contributed by atoms with Crippen molar-refractivity contribution in [1.29, 1.82) is 0 Å². The van der Waals surface area contributed by atoms with E-state index < -0.39 is 0 Å². The van der Waals surface area contributed by atoms with Crippen LogP contribution >= 0.6 is 0 Å². The van der Waals surface area contributed by atoms with Crippen LogP contribution < -0.4 is 4.74 Å². The zero-order valence-electron chi connectivity index (χ0n) is 22.7. The average Bonchev–Trinajstić information content (AvgIpc) is 3.75. The quantitative estimate of drug-likeness (QED) is 0.240. The smallest absolute Gasteiger partial charge is 0.331 e. The fraction of sp³-hybridized carbons (Fsp3) is 0.690. The summed E-state index contributed by atoms with van der Waals surface area (Å²) in [4.78, 5) is 14.8. The van der Waals surface area contributed by atoms with Gasteiger partial charge in [0, 0.05) is 19.7 Å². The minimum Gasteiger partial charge on any atom is -0.492 e. The third-order valence-electron chi connectivity index (χ3n) is 7.87. The fourth-order valence-corrected chi connectivity index (χ4v) is 5.65. The highest BCUT2D eigenvalue weighted by Gasteiger charge is 2.72. The maximum absolute atomic E-state index is 12.8. The minimum atomic E-state index is -0.363. The molecule has 4 rings (SSSR count). The van der Waals surface area contributed by atoms with Crippen molar-refractivity contribution in [2.45, 2.75) is 76.0 Å². The summed E-state index contributed by atoms with van der Waals surface area (Å²) in [6.07, 6.45) is 6.61. The van der Waals surface area contributed by atoms with E-state index >= 15 is 0 Å². The van der Waals surface area contributed by atoms with E-state index in [1.54, 1.807) is 13.2 Å². The molecule has 6 atom stereocenters. The van der Waals surface area contributed by atoms with Crippen LogP contribution in [0, 0.1) is 11.8 Å². The number of carbonyl (C=O) groups excluding carboxylic acids is 1. The number of nitrogens with zero attached hydrogens (tertiary/aromatic N) is 1. The van der Waals surface area contributed by atoms with Gasteiger partial charge < -0.3 is 28.6 Å². The summed E-state index contributed by atoms with van der Waals surface area (Å²) in [6, 6.07) is 7.68. The number of epoxide rings is 2. The number of rotatable bonds is 12.